The van der Waals surface area contributed by atoms with Crippen LogP contribution in [0.4, 0.5) is 0 Å². The highest BCUT2D eigenvalue weighted by atomic mass is 32.2. The van der Waals surface area contributed by atoms with Gasteiger partial charge in [0.1, 0.15) is 6.04 Å². The van der Waals surface area contributed by atoms with Crippen molar-refractivity contribution in [2.24, 2.45) is 0 Å². The summed E-state index contributed by atoms with van der Waals surface area (Å²) in [4.78, 5) is 31.1. The quantitative estimate of drug-likeness (QED) is 0.918. The molecule has 0 bridgehead atoms. The van der Waals surface area contributed by atoms with Gasteiger partial charge in [0.2, 0.25) is 5.91 Å². The Morgan fingerprint density at radius 2 is 2.09 bits per heavy atom. The Bertz CT molecular complexity index is 563. The van der Waals surface area contributed by atoms with Gasteiger partial charge in [-0.3, -0.25) is 9.59 Å². The molecule has 1 fully saturated rings. The van der Waals surface area contributed by atoms with E-state index >= 15 is 0 Å². The third-order valence-corrected chi connectivity index (χ3v) is 5.10. The van der Waals surface area contributed by atoms with Crippen molar-refractivity contribution < 1.29 is 9.59 Å². The molecule has 1 aliphatic heterocycles. The number of nitrogens with zero attached hydrogens (tertiary/aromatic N) is 2. The van der Waals surface area contributed by atoms with Gasteiger partial charge in [-0.05, 0) is 26.7 Å². The highest BCUT2D eigenvalue weighted by Crippen LogP contribution is 2.26. The molecule has 1 aliphatic rings. The zero-order chi connectivity index (χ0) is 16.5. The molecule has 1 atom stereocenters. The second-order valence-corrected chi connectivity index (χ2v) is 8.62. The van der Waals surface area contributed by atoms with Crippen LogP contribution in [-0.2, 0) is 4.79 Å². The Balaban J connectivity index is 2.12. The van der Waals surface area contributed by atoms with Crippen LogP contribution < -0.4 is 5.32 Å². The molecule has 0 unspecified atom stereocenters. The smallest absolute Gasteiger partial charge is 0.284 e. The molecule has 1 N–H and O–H groups in total. The zero-order valence-electron chi connectivity index (χ0n) is 13.7. The van der Waals surface area contributed by atoms with Crippen molar-refractivity contribution in [3.05, 3.63) is 16.1 Å². The van der Waals surface area contributed by atoms with E-state index in [-0.39, 0.29) is 17.4 Å². The molecule has 22 heavy (non-hydrogen) atoms. The summed E-state index contributed by atoms with van der Waals surface area (Å²) in [5.41, 5.74) is 0.626. The van der Waals surface area contributed by atoms with Crippen molar-refractivity contribution in [2.45, 2.75) is 52.1 Å². The minimum atomic E-state index is -0.414. The summed E-state index contributed by atoms with van der Waals surface area (Å²) in [6.45, 7) is 9.92. The summed E-state index contributed by atoms with van der Waals surface area (Å²) in [6, 6.07) is -0.414. The van der Waals surface area contributed by atoms with Gasteiger partial charge in [-0.1, -0.05) is 13.8 Å². The molecular weight excluding hydrogens is 318 g/mol. The van der Waals surface area contributed by atoms with Crippen molar-refractivity contribution in [3.8, 4) is 0 Å². The predicted octanol–water partition coefficient (Wildman–Crippen LogP) is 2.70. The molecule has 2 heterocycles. The van der Waals surface area contributed by atoms with Crippen LogP contribution >= 0.6 is 23.1 Å². The molecule has 5 nitrogen and oxygen atoms in total. The lowest BCUT2D eigenvalue weighted by Crippen LogP contribution is -2.52. The van der Waals surface area contributed by atoms with E-state index in [4.69, 9.17) is 0 Å². The van der Waals surface area contributed by atoms with Crippen molar-refractivity contribution >= 4 is 34.9 Å². The van der Waals surface area contributed by atoms with Crippen LogP contribution in [0, 0.1) is 0 Å². The lowest BCUT2D eigenvalue weighted by molar-refractivity contribution is -0.125. The minimum absolute atomic E-state index is 0.0912. The first-order valence-corrected chi connectivity index (χ1v) is 9.38. The Morgan fingerprint density at radius 1 is 1.41 bits per heavy atom. The fourth-order valence-electron chi connectivity index (χ4n) is 2.09. The highest BCUT2D eigenvalue weighted by Gasteiger charge is 2.37. The summed E-state index contributed by atoms with van der Waals surface area (Å²) in [6.07, 6.45) is 0. The molecule has 0 aromatic carbocycles. The number of amides is 2. The van der Waals surface area contributed by atoms with Gasteiger partial charge in [-0.15, -0.1) is 23.1 Å². The van der Waals surface area contributed by atoms with Crippen molar-refractivity contribution in [1.29, 1.82) is 0 Å². The van der Waals surface area contributed by atoms with Crippen LogP contribution in [0.5, 0.6) is 0 Å². The molecule has 2 rings (SSSR count). The van der Waals surface area contributed by atoms with Gasteiger partial charge in [0, 0.05) is 16.7 Å². The van der Waals surface area contributed by atoms with Crippen molar-refractivity contribution in [2.75, 3.05) is 11.6 Å². The molecule has 1 aromatic rings. The lowest BCUT2D eigenvalue weighted by atomic mass is 10.1. The molecule has 1 saturated heterocycles. The maximum absolute atomic E-state index is 12.6. The number of thioether (sulfide) groups is 1. The Morgan fingerprint density at radius 3 is 2.64 bits per heavy atom. The molecule has 1 aromatic heterocycles. The van der Waals surface area contributed by atoms with Crippen LogP contribution in [0.2, 0.25) is 0 Å². The summed E-state index contributed by atoms with van der Waals surface area (Å²) < 4.78 is 0. The zero-order valence-corrected chi connectivity index (χ0v) is 15.3. The second-order valence-electron chi connectivity index (χ2n) is 6.76. The van der Waals surface area contributed by atoms with E-state index in [1.54, 1.807) is 16.7 Å². The van der Waals surface area contributed by atoms with Gasteiger partial charge in [0.05, 0.1) is 11.6 Å². The second kappa shape index (κ2) is 6.58. The summed E-state index contributed by atoms with van der Waals surface area (Å²) >= 11 is 2.96. The van der Waals surface area contributed by atoms with E-state index in [0.29, 0.717) is 22.6 Å². The SMILES string of the molecule is CC(C)c1csc(C(=O)N2CSC[C@@H]2C(=O)NC(C)(C)C)n1. The molecular formula is C15H23N3O2S2. The number of carbonyl (C=O) groups is 2. The van der Waals surface area contributed by atoms with Gasteiger partial charge in [-0.2, -0.15) is 0 Å². The maximum atomic E-state index is 12.6. The molecule has 0 aliphatic carbocycles. The van der Waals surface area contributed by atoms with Crippen molar-refractivity contribution in [3.63, 3.8) is 0 Å². The number of hydrogen-bond acceptors (Lipinski definition) is 5. The van der Waals surface area contributed by atoms with Gasteiger partial charge >= 0.3 is 0 Å². The molecule has 0 spiro atoms. The Labute approximate surface area is 139 Å². The number of rotatable bonds is 3. The normalized spacial score (nSPS) is 18.8. The number of hydrogen-bond donors (Lipinski definition) is 1. The van der Waals surface area contributed by atoms with Crippen LogP contribution in [0.25, 0.3) is 0 Å². The van der Waals surface area contributed by atoms with E-state index in [1.807, 2.05) is 26.2 Å². The monoisotopic (exact) mass is 341 g/mol. The fraction of sp³-hybridized carbons (Fsp3) is 0.667. The highest BCUT2D eigenvalue weighted by molar-refractivity contribution is 7.99. The maximum Gasteiger partial charge on any atom is 0.284 e. The molecule has 2 amide bonds. The fourth-order valence-corrected chi connectivity index (χ4v) is 4.17. The van der Waals surface area contributed by atoms with E-state index in [2.05, 4.69) is 24.1 Å². The topological polar surface area (TPSA) is 62.3 Å². The van der Waals surface area contributed by atoms with E-state index < -0.39 is 6.04 Å². The van der Waals surface area contributed by atoms with Crippen LogP contribution in [0.15, 0.2) is 5.38 Å². The lowest BCUT2D eigenvalue weighted by Gasteiger charge is -2.27. The molecule has 122 valence electrons. The first-order chi connectivity index (χ1) is 10.2. The number of thiazole rings is 1. The van der Waals surface area contributed by atoms with Crippen LogP contribution in [0.1, 0.15) is 56.0 Å². The summed E-state index contributed by atoms with van der Waals surface area (Å²) in [5.74, 6) is 1.24. The first kappa shape index (κ1) is 17.3. The predicted molar refractivity (Wildman–Crippen MR) is 91.4 cm³/mol. The standard InChI is InChI=1S/C15H23N3O2S2/c1-9(2)10-6-22-13(16-10)14(20)18-8-21-7-11(18)12(19)17-15(3,4)5/h6,9,11H,7-8H2,1-5H3,(H,17,19)/t11-/m1/s1. The van der Waals surface area contributed by atoms with Gasteiger partial charge in [0.25, 0.3) is 5.91 Å². The van der Waals surface area contributed by atoms with Gasteiger partial charge in [0.15, 0.2) is 5.01 Å². The summed E-state index contributed by atoms with van der Waals surface area (Å²) in [5, 5.41) is 5.35. The van der Waals surface area contributed by atoms with Crippen LogP contribution in [0.3, 0.4) is 0 Å². The molecule has 0 saturated carbocycles. The molecule has 0 radical (unpaired) electrons. The van der Waals surface area contributed by atoms with E-state index in [1.165, 1.54) is 11.3 Å². The Hall–Kier alpha value is -1.08. The molecule has 7 heteroatoms. The van der Waals surface area contributed by atoms with Gasteiger partial charge < -0.3 is 10.2 Å². The van der Waals surface area contributed by atoms with E-state index in [0.717, 1.165) is 5.69 Å². The van der Waals surface area contributed by atoms with Crippen LogP contribution in [-0.4, -0.2) is 44.9 Å². The number of aromatic nitrogens is 1. The van der Waals surface area contributed by atoms with Crippen molar-refractivity contribution in [1.82, 2.24) is 15.2 Å². The summed E-state index contributed by atoms with van der Waals surface area (Å²) in [7, 11) is 0. The Kier molecular flexibility index (Phi) is 5.17. The van der Waals surface area contributed by atoms with Gasteiger partial charge in [-0.25, -0.2) is 4.98 Å². The largest absolute Gasteiger partial charge is 0.350 e. The average Bonchev–Trinajstić information content (AvgIpc) is 3.05. The van der Waals surface area contributed by atoms with E-state index in [9.17, 15) is 9.59 Å². The third kappa shape index (κ3) is 4.01. The number of nitrogens with one attached hydrogen (secondary N) is 1. The minimum Gasteiger partial charge on any atom is -0.350 e. The number of carbonyl (C=O) groups excluding carboxylic acids is 2. The average molecular weight is 342 g/mol. The first-order valence-electron chi connectivity index (χ1n) is 7.35. The third-order valence-electron chi connectivity index (χ3n) is 3.24.